The summed E-state index contributed by atoms with van der Waals surface area (Å²) in [7, 11) is 0. The van der Waals surface area contributed by atoms with Gasteiger partial charge in [0.05, 0.1) is 23.0 Å². The van der Waals surface area contributed by atoms with Gasteiger partial charge in [0, 0.05) is 0 Å². The number of hydrogen-bond donors (Lipinski definition) is 1. The van der Waals surface area contributed by atoms with Crippen molar-refractivity contribution in [2.75, 3.05) is 5.43 Å². The van der Waals surface area contributed by atoms with Gasteiger partial charge >= 0.3 is 0 Å². The number of fused-ring (bicyclic) bond motifs is 1. The molecule has 28 heavy (non-hydrogen) atoms. The lowest BCUT2D eigenvalue weighted by Crippen LogP contribution is -2.31. The van der Waals surface area contributed by atoms with Crippen LogP contribution in [0.4, 0.5) is 13.2 Å². The highest BCUT2D eigenvalue weighted by atomic mass is 19.2. The molecule has 0 amide bonds. The van der Waals surface area contributed by atoms with Gasteiger partial charge in [0.1, 0.15) is 5.82 Å². The lowest BCUT2D eigenvalue weighted by atomic mass is 10.1. The van der Waals surface area contributed by atoms with Crippen molar-refractivity contribution >= 4 is 10.9 Å². The number of aromatic nitrogens is 2. The van der Waals surface area contributed by atoms with E-state index in [2.05, 4.69) is 10.4 Å². The molecule has 0 bridgehead atoms. The van der Waals surface area contributed by atoms with E-state index in [0.29, 0.717) is 16.5 Å². The van der Waals surface area contributed by atoms with Gasteiger partial charge in [-0.2, -0.15) is 0 Å². The molecule has 3 aromatic carbocycles. The monoisotopic (exact) mass is 381 g/mol. The number of para-hydroxylation sites is 1. The van der Waals surface area contributed by atoms with Gasteiger partial charge in [-0.25, -0.2) is 22.8 Å². The van der Waals surface area contributed by atoms with Crippen LogP contribution in [0.2, 0.25) is 0 Å². The Morgan fingerprint density at radius 2 is 1.61 bits per heavy atom. The van der Waals surface area contributed by atoms with Crippen LogP contribution in [-0.2, 0) is 6.54 Å². The molecule has 4 aromatic rings. The van der Waals surface area contributed by atoms with E-state index < -0.39 is 23.0 Å². The average molecular weight is 381 g/mol. The highest BCUT2D eigenvalue weighted by Crippen LogP contribution is 2.21. The first kappa shape index (κ1) is 17.8. The maximum Gasteiger partial charge on any atom is 0.280 e. The van der Waals surface area contributed by atoms with Gasteiger partial charge in [0.15, 0.2) is 17.5 Å². The Balaban J connectivity index is 1.84. The Bertz CT molecular complexity index is 1240. The van der Waals surface area contributed by atoms with Gasteiger partial charge < -0.3 is 5.43 Å². The van der Waals surface area contributed by atoms with Gasteiger partial charge in [0.2, 0.25) is 0 Å². The number of nitrogens with one attached hydrogen (secondary N) is 1. The van der Waals surface area contributed by atoms with Gasteiger partial charge in [-0.15, -0.1) is 0 Å². The molecule has 0 aliphatic heterocycles. The zero-order valence-electron chi connectivity index (χ0n) is 14.5. The molecule has 0 fully saturated rings. The SMILES string of the molecule is O=c1c2ccccc2nc(-c2ccccc2F)n1NCc1ccc(F)c(F)c1. The largest absolute Gasteiger partial charge is 0.317 e. The summed E-state index contributed by atoms with van der Waals surface area (Å²) in [4.78, 5) is 17.4. The fourth-order valence-electron chi connectivity index (χ4n) is 2.92. The minimum Gasteiger partial charge on any atom is -0.317 e. The molecule has 1 N–H and O–H groups in total. The van der Waals surface area contributed by atoms with E-state index in [1.807, 2.05) is 0 Å². The molecule has 140 valence electrons. The van der Waals surface area contributed by atoms with E-state index in [4.69, 9.17) is 0 Å². The van der Waals surface area contributed by atoms with Crippen LogP contribution in [0.5, 0.6) is 0 Å². The van der Waals surface area contributed by atoms with Crippen molar-refractivity contribution in [3.63, 3.8) is 0 Å². The standard InChI is InChI=1S/C21H14F3N3O/c22-16-7-3-1-5-14(16)20-26-19-8-4-2-6-15(19)21(28)27(20)25-12-13-9-10-17(23)18(24)11-13/h1-11,25H,12H2. The zero-order valence-corrected chi connectivity index (χ0v) is 14.5. The Morgan fingerprint density at radius 1 is 0.857 bits per heavy atom. The molecule has 1 heterocycles. The normalized spacial score (nSPS) is 11.0. The predicted octanol–water partition coefficient (Wildman–Crippen LogP) is 4.22. The highest BCUT2D eigenvalue weighted by molar-refractivity contribution is 5.79. The third-order valence-corrected chi connectivity index (χ3v) is 4.32. The molecule has 0 atom stereocenters. The molecule has 0 aliphatic rings. The second-order valence-corrected chi connectivity index (χ2v) is 6.16. The maximum atomic E-state index is 14.4. The fourth-order valence-corrected chi connectivity index (χ4v) is 2.92. The quantitative estimate of drug-likeness (QED) is 0.576. The molecule has 0 radical (unpaired) electrons. The Hall–Kier alpha value is -3.61. The molecular formula is C21H14F3N3O. The molecule has 7 heteroatoms. The molecule has 0 unspecified atom stereocenters. The molecule has 0 saturated carbocycles. The van der Waals surface area contributed by atoms with Crippen LogP contribution in [0.1, 0.15) is 5.56 Å². The number of halogens is 3. The average Bonchev–Trinajstić information content (AvgIpc) is 2.70. The lowest BCUT2D eigenvalue weighted by molar-refractivity contribution is 0.507. The Labute approximate surface area is 157 Å². The van der Waals surface area contributed by atoms with Crippen molar-refractivity contribution in [1.82, 2.24) is 9.66 Å². The predicted molar refractivity (Wildman–Crippen MR) is 101 cm³/mol. The van der Waals surface area contributed by atoms with Crippen LogP contribution < -0.4 is 11.0 Å². The number of nitrogens with zero attached hydrogens (tertiary/aromatic N) is 2. The first-order chi connectivity index (χ1) is 13.5. The summed E-state index contributed by atoms with van der Waals surface area (Å²) >= 11 is 0. The topological polar surface area (TPSA) is 46.9 Å². The van der Waals surface area contributed by atoms with Crippen LogP contribution in [0.25, 0.3) is 22.3 Å². The van der Waals surface area contributed by atoms with Crippen LogP contribution in [0, 0.1) is 17.5 Å². The van der Waals surface area contributed by atoms with Crippen LogP contribution >= 0.6 is 0 Å². The first-order valence-corrected chi connectivity index (χ1v) is 8.49. The van der Waals surface area contributed by atoms with Gasteiger partial charge in [0.25, 0.3) is 5.56 Å². The maximum absolute atomic E-state index is 14.4. The third kappa shape index (κ3) is 3.22. The lowest BCUT2D eigenvalue weighted by Gasteiger charge is -2.16. The summed E-state index contributed by atoms with van der Waals surface area (Å²) < 4.78 is 42.1. The summed E-state index contributed by atoms with van der Waals surface area (Å²) in [5.41, 5.74) is 3.41. The zero-order chi connectivity index (χ0) is 19.7. The van der Waals surface area contributed by atoms with Crippen molar-refractivity contribution in [3.8, 4) is 11.4 Å². The van der Waals surface area contributed by atoms with Crippen molar-refractivity contribution < 1.29 is 13.2 Å². The van der Waals surface area contributed by atoms with Crippen molar-refractivity contribution in [2.24, 2.45) is 0 Å². The molecule has 0 aliphatic carbocycles. The number of rotatable bonds is 4. The minimum atomic E-state index is -0.988. The van der Waals surface area contributed by atoms with E-state index in [1.165, 1.54) is 24.3 Å². The number of benzene rings is 3. The number of hydrogen-bond acceptors (Lipinski definition) is 3. The van der Waals surface area contributed by atoms with E-state index in [-0.39, 0.29) is 17.9 Å². The van der Waals surface area contributed by atoms with Crippen LogP contribution in [-0.4, -0.2) is 9.66 Å². The molecule has 4 nitrogen and oxygen atoms in total. The summed E-state index contributed by atoms with van der Waals surface area (Å²) in [5.74, 6) is -2.39. The Morgan fingerprint density at radius 3 is 2.39 bits per heavy atom. The van der Waals surface area contributed by atoms with Crippen LogP contribution in [0.3, 0.4) is 0 Å². The van der Waals surface area contributed by atoms with Gasteiger partial charge in [-0.3, -0.25) is 4.79 Å². The Kier molecular flexibility index (Phi) is 4.57. The first-order valence-electron chi connectivity index (χ1n) is 8.49. The van der Waals surface area contributed by atoms with E-state index in [9.17, 15) is 18.0 Å². The minimum absolute atomic E-state index is 0.0125. The second-order valence-electron chi connectivity index (χ2n) is 6.16. The van der Waals surface area contributed by atoms with E-state index >= 15 is 0 Å². The van der Waals surface area contributed by atoms with Gasteiger partial charge in [-0.05, 0) is 42.0 Å². The summed E-state index contributed by atoms with van der Waals surface area (Å²) in [6.45, 7) is 0.0125. The second kappa shape index (κ2) is 7.19. The summed E-state index contributed by atoms with van der Waals surface area (Å²) in [6, 6.07) is 16.1. The van der Waals surface area contributed by atoms with E-state index in [0.717, 1.165) is 16.8 Å². The molecule has 4 rings (SSSR count). The van der Waals surface area contributed by atoms with E-state index in [1.54, 1.807) is 30.3 Å². The summed E-state index contributed by atoms with van der Waals surface area (Å²) in [5, 5.41) is 0.348. The smallest absolute Gasteiger partial charge is 0.280 e. The molecule has 0 saturated heterocycles. The van der Waals surface area contributed by atoms with Crippen molar-refractivity contribution in [2.45, 2.75) is 6.54 Å². The van der Waals surface area contributed by atoms with Crippen molar-refractivity contribution in [3.05, 3.63) is 100 Å². The third-order valence-electron chi connectivity index (χ3n) is 4.32. The molecular weight excluding hydrogens is 367 g/mol. The fraction of sp³-hybridized carbons (Fsp3) is 0.0476. The van der Waals surface area contributed by atoms with Crippen LogP contribution in [0.15, 0.2) is 71.5 Å². The van der Waals surface area contributed by atoms with Gasteiger partial charge in [-0.1, -0.05) is 30.3 Å². The highest BCUT2D eigenvalue weighted by Gasteiger charge is 2.15. The molecule has 0 spiro atoms. The van der Waals surface area contributed by atoms with Crippen molar-refractivity contribution in [1.29, 1.82) is 0 Å². The summed E-state index contributed by atoms with van der Waals surface area (Å²) in [6.07, 6.45) is 0. The molecule has 1 aromatic heterocycles.